The van der Waals surface area contributed by atoms with Gasteiger partial charge in [0.05, 0.1) is 0 Å². The topological polar surface area (TPSA) is 53.2 Å². The monoisotopic (exact) mass is 320 g/mol. The molecule has 3 aromatic rings. The lowest BCUT2D eigenvalue weighted by atomic mass is 10.1. The smallest absolute Gasteiger partial charge is 0.270 e. The van der Waals surface area contributed by atoms with Crippen LogP contribution in [0.15, 0.2) is 65.5 Å². The Morgan fingerprint density at radius 1 is 1.04 bits per heavy atom. The Morgan fingerprint density at radius 3 is 2.50 bits per heavy atom. The van der Waals surface area contributed by atoms with E-state index in [4.69, 9.17) is 0 Å². The van der Waals surface area contributed by atoms with E-state index < -0.39 is 0 Å². The predicted octanol–water partition coefficient (Wildman–Crippen LogP) is 3.58. The van der Waals surface area contributed by atoms with Crippen LogP contribution in [0.25, 0.3) is 10.8 Å². The van der Waals surface area contributed by atoms with Gasteiger partial charge in [-0.3, -0.25) is 9.59 Å². The Bertz CT molecular complexity index is 900. The number of fused-ring (bicyclic) bond motifs is 1. The van der Waals surface area contributed by atoms with Crippen LogP contribution in [0.5, 0.6) is 0 Å². The zero-order valence-electron chi connectivity index (χ0n) is 13.7. The number of nitrogens with one attached hydrogen (secondary N) is 1. The van der Waals surface area contributed by atoms with E-state index in [1.165, 1.54) is 0 Å². The number of pyridine rings is 1. The number of hydrogen-bond acceptors (Lipinski definition) is 2. The van der Waals surface area contributed by atoms with E-state index in [-0.39, 0.29) is 11.5 Å². The first-order chi connectivity index (χ1) is 11.7. The molecule has 0 bridgehead atoms. The summed E-state index contributed by atoms with van der Waals surface area (Å²) < 4.78 is 0. The second-order valence-corrected chi connectivity index (χ2v) is 5.81. The van der Waals surface area contributed by atoms with Gasteiger partial charge in [0.2, 0.25) is 0 Å². The maximum absolute atomic E-state index is 12.9. The molecule has 0 spiro atoms. The number of carbonyl (C=O) groups is 1. The van der Waals surface area contributed by atoms with Crippen LogP contribution in [0, 0.1) is 0 Å². The summed E-state index contributed by atoms with van der Waals surface area (Å²) in [5, 5.41) is 1.37. The van der Waals surface area contributed by atoms with Crippen molar-refractivity contribution in [2.45, 2.75) is 19.9 Å². The molecule has 0 aliphatic heterocycles. The Labute approximate surface area is 140 Å². The predicted molar refractivity (Wildman–Crippen MR) is 96.0 cm³/mol. The van der Waals surface area contributed by atoms with Gasteiger partial charge in [0.15, 0.2) is 0 Å². The van der Waals surface area contributed by atoms with Crippen LogP contribution >= 0.6 is 0 Å². The molecule has 24 heavy (non-hydrogen) atoms. The number of aromatic amines is 1. The summed E-state index contributed by atoms with van der Waals surface area (Å²) in [5.41, 5.74) is 1.18. The fraction of sp³-hybridized carbons (Fsp3) is 0.200. The lowest BCUT2D eigenvalue weighted by Crippen LogP contribution is -2.33. The van der Waals surface area contributed by atoms with Gasteiger partial charge in [0.25, 0.3) is 11.5 Å². The second kappa shape index (κ2) is 7.13. The van der Waals surface area contributed by atoms with Gasteiger partial charge in [-0.1, -0.05) is 55.5 Å². The molecule has 0 fully saturated rings. The molecule has 122 valence electrons. The molecule has 0 saturated heterocycles. The first kappa shape index (κ1) is 16.0. The summed E-state index contributed by atoms with van der Waals surface area (Å²) in [6.45, 7) is 3.21. The average Bonchev–Trinajstić information content (AvgIpc) is 2.61. The summed E-state index contributed by atoms with van der Waals surface area (Å²) in [7, 11) is 0. The van der Waals surface area contributed by atoms with E-state index in [1.54, 1.807) is 17.0 Å². The summed E-state index contributed by atoms with van der Waals surface area (Å²) in [6, 6.07) is 18.9. The Hall–Kier alpha value is -2.88. The number of hydrogen-bond donors (Lipinski definition) is 1. The lowest BCUT2D eigenvalue weighted by molar-refractivity contribution is 0.0737. The Balaban J connectivity index is 1.94. The second-order valence-electron chi connectivity index (χ2n) is 5.81. The molecular formula is C20H20N2O2. The molecule has 1 N–H and O–H groups in total. The highest BCUT2D eigenvalue weighted by molar-refractivity contribution is 5.96. The van der Waals surface area contributed by atoms with E-state index in [1.807, 2.05) is 55.5 Å². The summed E-state index contributed by atoms with van der Waals surface area (Å²) in [5.74, 6) is -0.149. The summed E-state index contributed by atoms with van der Waals surface area (Å²) in [6.07, 6.45) is 0.858. The minimum atomic E-state index is -0.229. The maximum Gasteiger partial charge on any atom is 0.270 e. The SMILES string of the molecule is CCCN(Cc1ccccc1)C(=O)c1cc2ccccc2c(=O)[nH]1. The fourth-order valence-corrected chi connectivity index (χ4v) is 2.82. The van der Waals surface area contributed by atoms with Gasteiger partial charge >= 0.3 is 0 Å². The molecule has 0 atom stereocenters. The highest BCUT2D eigenvalue weighted by Gasteiger charge is 2.17. The molecule has 1 amide bonds. The van der Waals surface area contributed by atoms with E-state index >= 15 is 0 Å². The number of H-pyrrole nitrogens is 1. The number of benzene rings is 2. The molecule has 4 heteroatoms. The van der Waals surface area contributed by atoms with Crippen LogP contribution in [-0.4, -0.2) is 22.3 Å². The number of nitrogens with zero attached hydrogens (tertiary/aromatic N) is 1. The van der Waals surface area contributed by atoms with Gasteiger partial charge in [-0.25, -0.2) is 0 Å². The van der Waals surface area contributed by atoms with Gasteiger partial charge < -0.3 is 9.88 Å². The van der Waals surface area contributed by atoms with Gasteiger partial charge in [0.1, 0.15) is 5.69 Å². The highest BCUT2D eigenvalue weighted by Crippen LogP contribution is 2.13. The van der Waals surface area contributed by atoms with Crippen LogP contribution in [0.1, 0.15) is 29.4 Å². The molecule has 0 radical (unpaired) electrons. The molecular weight excluding hydrogens is 300 g/mol. The zero-order valence-corrected chi connectivity index (χ0v) is 13.7. The molecule has 1 aromatic heterocycles. The summed E-state index contributed by atoms with van der Waals surface area (Å²) >= 11 is 0. The van der Waals surface area contributed by atoms with Gasteiger partial charge in [-0.2, -0.15) is 0 Å². The molecule has 4 nitrogen and oxygen atoms in total. The summed E-state index contributed by atoms with van der Waals surface area (Å²) in [4.78, 5) is 29.6. The maximum atomic E-state index is 12.9. The third-order valence-electron chi connectivity index (χ3n) is 3.98. The van der Waals surface area contributed by atoms with Crippen molar-refractivity contribution in [3.05, 3.63) is 82.3 Å². The molecule has 3 rings (SSSR count). The normalized spacial score (nSPS) is 10.7. The Kier molecular flexibility index (Phi) is 4.75. The first-order valence-corrected chi connectivity index (χ1v) is 8.14. The van der Waals surface area contributed by atoms with Crippen molar-refractivity contribution in [1.29, 1.82) is 0 Å². The molecule has 0 aliphatic rings. The number of carbonyl (C=O) groups excluding carboxylic acids is 1. The number of aromatic nitrogens is 1. The third kappa shape index (κ3) is 3.38. The standard InChI is InChI=1S/C20H20N2O2/c1-2-12-22(14-15-8-4-3-5-9-15)20(24)18-13-16-10-6-7-11-17(16)19(23)21-18/h3-11,13H,2,12,14H2,1H3,(H,21,23). The molecule has 0 aliphatic carbocycles. The van der Waals surface area contributed by atoms with Gasteiger partial charge in [-0.15, -0.1) is 0 Å². The average molecular weight is 320 g/mol. The van der Waals surface area contributed by atoms with Crippen LogP contribution in [0.4, 0.5) is 0 Å². The van der Waals surface area contributed by atoms with Crippen LogP contribution in [0.3, 0.4) is 0 Å². The zero-order chi connectivity index (χ0) is 16.9. The minimum Gasteiger partial charge on any atom is -0.333 e. The van der Waals surface area contributed by atoms with Crippen molar-refractivity contribution < 1.29 is 4.79 Å². The van der Waals surface area contributed by atoms with Crippen molar-refractivity contribution in [3.63, 3.8) is 0 Å². The van der Waals surface area contributed by atoms with Crippen LogP contribution in [0.2, 0.25) is 0 Å². The Morgan fingerprint density at radius 2 is 1.75 bits per heavy atom. The lowest BCUT2D eigenvalue weighted by Gasteiger charge is -2.22. The van der Waals surface area contributed by atoms with Crippen molar-refractivity contribution in [2.24, 2.45) is 0 Å². The van der Waals surface area contributed by atoms with Crippen LogP contribution in [-0.2, 0) is 6.54 Å². The fourth-order valence-electron chi connectivity index (χ4n) is 2.82. The van der Waals surface area contributed by atoms with E-state index in [0.717, 1.165) is 17.4 Å². The molecule has 0 saturated carbocycles. The molecule has 2 aromatic carbocycles. The van der Waals surface area contributed by atoms with Crippen molar-refractivity contribution in [2.75, 3.05) is 6.54 Å². The van der Waals surface area contributed by atoms with Gasteiger partial charge in [-0.05, 0) is 29.5 Å². The van der Waals surface area contributed by atoms with E-state index in [2.05, 4.69) is 4.98 Å². The van der Waals surface area contributed by atoms with Crippen LogP contribution < -0.4 is 5.56 Å². The first-order valence-electron chi connectivity index (χ1n) is 8.14. The van der Waals surface area contributed by atoms with E-state index in [0.29, 0.717) is 24.2 Å². The largest absolute Gasteiger partial charge is 0.333 e. The van der Waals surface area contributed by atoms with Gasteiger partial charge in [0, 0.05) is 18.5 Å². The minimum absolute atomic E-state index is 0.149. The number of amides is 1. The molecule has 0 unspecified atom stereocenters. The molecule has 1 heterocycles. The third-order valence-corrected chi connectivity index (χ3v) is 3.98. The highest BCUT2D eigenvalue weighted by atomic mass is 16.2. The number of rotatable bonds is 5. The van der Waals surface area contributed by atoms with Crippen molar-refractivity contribution in [3.8, 4) is 0 Å². The van der Waals surface area contributed by atoms with Crippen molar-refractivity contribution >= 4 is 16.7 Å². The van der Waals surface area contributed by atoms with E-state index in [9.17, 15) is 9.59 Å². The quantitative estimate of drug-likeness (QED) is 0.781. The van der Waals surface area contributed by atoms with Crippen molar-refractivity contribution in [1.82, 2.24) is 9.88 Å².